The molecule has 2 heterocycles. The molecule has 1 aromatic rings. The van der Waals surface area contributed by atoms with E-state index in [1.54, 1.807) is 6.20 Å². The second-order valence-electron chi connectivity index (χ2n) is 3.97. The van der Waals surface area contributed by atoms with E-state index in [1.165, 1.54) is 18.6 Å². The van der Waals surface area contributed by atoms with E-state index in [-0.39, 0.29) is 6.04 Å². The second kappa shape index (κ2) is 4.86. The fourth-order valence-corrected chi connectivity index (χ4v) is 3.26. The van der Waals surface area contributed by atoms with E-state index in [0.717, 1.165) is 12.0 Å². The lowest BCUT2D eigenvalue weighted by Gasteiger charge is -2.18. The Balaban J connectivity index is 1.99. The number of nitrogens with two attached hydrogens (primary N) is 2. The van der Waals surface area contributed by atoms with Crippen molar-refractivity contribution in [2.45, 2.75) is 30.6 Å². The first kappa shape index (κ1) is 10.8. The van der Waals surface area contributed by atoms with Gasteiger partial charge in [-0.05, 0) is 36.6 Å². The molecule has 3 nitrogen and oxygen atoms in total. The van der Waals surface area contributed by atoms with Gasteiger partial charge in [0, 0.05) is 17.5 Å². The quantitative estimate of drug-likeness (QED) is 0.813. The van der Waals surface area contributed by atoms with Gasteiger partial charge in [0.1, 0.15) is 5.82 Å². The molecule has 2 unspecified atom stereocenters. The molecule has 4 N–H and O–H groups in total. The summed E-state index contributed by atoms with van der Waals surface area (Å²) in [5.74, 6) is 1.87. The number of anilines is 1. The van der Waals surface area contributed by atoms with Crippen LogP contribution in [0.25, 0.3) is 0 Å². The van der Waals surface area contributed by atoms with Gasteiger partial charge in [0.15, 0.2) is 0 Å². The Hall–Kier alpha value is -0.740. The van der Waals surface area contributed by atoms with Crippen LogP contribution in [0.15, 0.2) is 18.3 Å². The van der Waals surface area contributed by atoms with E-state index in [0.29, 0.717) is 11.1 Å². The van der Waals surface area contributed by atoms with Crippen LogP contribution in [0.4, 0.5) is 5.82 Å². The third kappa shape index (κ3) is 2.63. The summed E-state index contributed by atoms with van der Waals surface area (Å²) in [7, 11) is 0. The van der Waals surface area contributed by atoms with Crippen LogP contribution in [0.2, 0.25) is 0 Å². The van der Waals surface area contributed by atoms with Gasteiger partial charge in [0.2, 0.25) is 0 Å². The molecule has 82 valence electrons. The molecule has 0 aromatic carbocycles. The maximum Gasteiger partial charge on any atom is 0.126 e. The topological polar surface area (TPSA) is 64.9 Å². The zero-order valence-corrected chi connectivity index (χ0v) is 9.54. The van der Waals surface area contributed by atoms with Crippen molar-refractivity contribution in [3.8, 4) is 0 Å². The summed E-state index contributed by atoms with van der Waals surface area (Å²) in [6, 6.07) is 4.14. The van der Waals surface area contributed by atoms with Crippen LogP contribution in [0, 0.1) is 0 Å². The van der Waals surface area contributed by atoms with Gasteiger partial charge < -0.3 is 11.5 Å². The molecule has 1 aromatic heterocycles. The maximum atomic E-state index is 6.18. The van der Waals surface area contributed by atoms with Crippen LogP contribution in [-0.2, 0) is 6.42 Å². The van der Waals surface area contributed by atoms with Gasteiger partial charge in [-0.15, -0.1) is 0 Å². The summed E-state index contributed by atoms with van der Waals surface area (Å²) in [4.78, 5) is 4.07. The summed E-state index contributed by atoms with van der Waals surface area (Å²) in [5, 5.41) is 0.601. The first-order chi connectivity index (χ1) is 7.27. The minimum Gasteiger partial charge on any atom is -0.383 e. The van der Waals surface area contributed by atoms with Gasteiger partial charge in [-0.1, -0.05) is 6.07 Å². The highest BCUT2D eigenvalue weighted by Crippen LogP contribution is 2.29. The summed E-state index contributed by atoms with van der Waals surface area (Å²) in [5.41, 5.74) is 13.1. The van der Waals surface area contributed by atoms with Crippen molar-refractivity contribution in [2.75, 3.05) is 11.5 Å². The molecule has 0 amide bonds. The van der Waals surface area contributed by atoms with Gasteiger partial charge in [-0.2, -0.15) is 11.8 Å². The predicted molar refractivity (Wildman–Crippen MR) is 65.8 cm³/mol. The van der Waals surface area contributed by atoms with Crippen molar-refractivity contribution < 1.29 is 0 Å². The molecule has 0 saturated carbocycles. The highest BCUT2D eigenvalue weighted by Gasteiger charge is 2.23. The number of rotatable bonds is 3. The van der Waals surface area contributed by atoms with Crippen LogP contribution in [0.3, 0.4) is 0 Å². The van der Waals surface area contributed by atoms with E-state index in [9.17, 15) is 0 Å². The average molecular weight is 223 g/mol. The second-order valence-corrected chi connectivity index (χ2v) is 5.31. The summed E-state index contributed by atoms with van der Waals surface area (Å²) < 4.78 is 0. The molecule has 4 heteroatoms. The van der Waals surface area contributed by atoms with Crippen molar-refractivity contribution in [3.63, 3.8) is 0 Å². The standard InChI is InChI=1S/C11H17N3S/c12-9(10-4-2-6-15-10)7-8-3-1-5-14-11(8)13/h1,3,5,9-10H,2,4,6-7,12H2,(H2,13,14). The highest BCUT2D eigenvalue weighted by molar-refractivity contribution is 8.00. The Bertz CT molecular complexity index is 323. The fourth-order valence-electron chi connectivity index (χ4n) is 1.95. The average Bonchev–Trinajstić information content (AvgIpc) is 2.74. The Morgan fingerprint density at radius 2 is 2.47 bits per heavy atom. The number of nitrogen functional groups attached to an aromatic ring is 1. The number of thioether (sulfide) groups is 1. The van der Waals surface area contributed by atoms with E-state index in [1.807, 2.05) is 23.9 Å². The molecule has 1 aliphatic rings. The lowest BCUT2D eigenvalue weighted by molar-refractivity contribution is 0.609. The lowest BCUT2D eigenvalue weighted by atomic mass is 10.0. The molecule has 1 aliphatic heterocycles. The number of nitrogens with zero attached hydrogens (tertiary/aromatic N) is 1. The van der Waals surface area contributed by atoms with Gasteiger partial charge in [0.05, 0.1) is 0 Å². The lowest BCUT2D eigenvalue weighted by Crippen LogP contribution is -2.33. The molecular formula is C11H17N3S. The summed E-state index contributed by atoms with van der Waals surface area (Å²) >= 11 is 1.99. The zero-order chi connectivity index (χ0) is 10.7. The normalized spacial score (nSPS) is 22.9. The smallest absolute Gasteiger partial charge is 0.126 e. The molecule has 2 atom stereocenters. The fraction of sp³-hybridized carbons (Fsp3) is 0.545. The van der Waals surface area contributed by atoms with Crippen molar-refractivity contribution in [1.82, 2.24) is 4.98 Å². The van der Waals surface area contributed by atoms with Gasteiger partial charge in [-0.25, -0.2) is 4.98 Å². The molecule has 15 heavy (non-hydrogen) atoms. The first-order valence-electron chi connectivity index (χ1n) is 5.34. The molecule has 0 aliphatic carbocycles. The molecular weight excluding hydrogens is 206 g/mol. The monoisotopic (exact) mass is 223 g/mol. The van der Waals surface area contributed by atoms with E-state index >= 15 is 0 Å². The Labute approximate surface area is 94.6 Å². The van der Waals surface area contributed by atoms with Gasteiger partial charge >= 0.3 is 0 Å². The van der Waals surface area contributed by atoms with E-state index in [4.69, 9.17) is 11.5 Å². The Morgan fingerprint density at radius 1 is 1.60 bits per heavy atom. The maximum absolute atomic E-state index is 6.18. The number of hydrogen-bond donors (Lipinski definition) is 2. The van der Waals surface area contributed by atoms with Crippen LogP contribution in [0.5, 0.6) is 0 Å². The van der Waals surface area contributed by atoms with Crippen LogP contribution >= 0.6 is 11.8 Å². The van der Waals surface area contributed by atoms with E-state index in [2.05, 4.69) is 4.98 Å². The zero-order valence-electron chi connectivity index (χ0n) is 8.73. The molecule has 1 saturated heterocycles. The van der Waals surface area contributed by atoms with Crippen LogP contribution < -0.4 is 11.5 Å². The van der Waals surface area contributed by atoms with Crippen molar-refractivity contribution in [3.05, 3.63) is 23.9 Å². The van der Waals surface area contributed by atoms with Crippen molar-refractivity contribution in [2.24, 2.45) is 5.73 Å². The minimum absolute atomic E-state index is 0.212. The third-order valence-corrected chi connectivity index (χ3v) is 4.36. The number of pyridine rings is 1. The Morgan fingerprint density at radius 3 is 3.13 bits per heavy atom. The molecule has 0 spiro atoms. The number of hydrogen-bond acceptors (Lipinski definition) is 4. The summed E-state index contributed by atoms with van der Waals surface area (Å²) in [6.07, 6.45) is 5.10. The Kier molecular flexibility index (Phi) is 3.49. The van der Waals surface area contributed by atoms with Crippen molar-refractivity contribution >= 4 is 17.6 Å². The SMILES string of the molecule is Nc1ncccc1CC(N)C1CCCS1. The largest absolute Gasteiger partial charge is 0.383 e. The highest BCUT2D eigenvalue weighted by atomic mass is 32.2. The van der Waals surface area contributed by atoms with Gasteiger partial charge in [0.25, 0.3) is 0 Å². The van der Waals surface area contributed by atoms with Gasteiger partial charge in [-0.3, -0.25) is 0 Å². The molecule has 2 rings (SSSR count). The molecule has 0 bridgehead atoms. The van der Waals surface area contributed by atoms with Crippen LogP contribution in [-0.4, -0.2) is 22.0 Å². The predicted octanol–water partition coefficient (Wildman–Crippen LogP) is 1.43. The van der Waals surface area contributed by atoms with E-state index < -0.39 is 0 Å². The molecule has 0 radical (unpaired) electrons. The molecule has 1 fully saturated rings. The minimum atomic E-state index is 0.212. The van der Waals surface area contributed by atoms with Crippen molar-refractivity contribution in [1.29, 1.82) is 0 Å². The van der Waals surface area contributed by atoms with Crippen LogP contribution in [0.1, 0.15) is 18.4 Å². The third-order valence-electron chi connectivity index (χ3n) is 2.82. The first-order valence-corrected chi connectivity index (χ1v) is 6.39. The number of aromatic nitrogens is 1. The summed E-state index contributed by atoms with van der Waals surface area (Å²) in [6.45, 7) is 0.